The third-order valence-corrected chi connectivity index (χ3v) is 3.52. The predicted octanol–water partition coefficient (Wildman–Crippen LogP) is 4.57. The molecule has 136 valence electrons. The Kier molecular flexibility index (Phi) is 4.07. The van der Waals surface area contributed by atoms with Gasteiger partial charge in [0.25, 0.3) is 5.88 Å². The van der Waals surface area contributed by atoms with Crippen LogP contribution in [0.15, 0.2) is 59.2 Å². The van der Waals surface area contributed by atoms with Crippen LogP contribution in [-0.2, 0) is 6.18 Å². The van der Waals surface area contributed by atoms with Gasteiger partial charge in [0.05, 0.1) is 5.56 Å². The van der Waals surface area contributed by atoms with E-state index in [0.29, 0.717) is 11.4 Å². The monoisotopic (exact) mass is 373 g/mol. The maximum absolute atomic E-state index is 12.7. The summed E-state index contributed by atoms with van der Waals surface area (Å²) in [5, 5.41) is 10.1. The summed E-state index contributed by atoms with van der Waals surface area (Å²) >= 11 is 0. The number of anilines is 2. The molecule has 2 aromatic heterocycles. The van der Waals surface area contributed by atoms with E-state index in [2.05, 4.69) is 30.2 Å². The van der Waals surface area contributed by atoms with Gasteiger partial charge in [-0.1, -0.05) is 18.2 Å². The number of hydrogen-bond acceptors (Lipinski definition) is 7. The summed E-state index contributed by atoms with van der Waals surface area (Å²) in [6, 6.07) is 13.3. The summed E-state index contributed by atoms with van der Waals surface area (Å²) in [4.78, 5) is 8.40. The summed E-state index contributed by atoms with van der Waals surface area (Å²) in [6.07, 6.45) is -4.41. The lowest BCUT2D eigenvalue weighted by molar-refractivity contribution is -0.137. The number of aromatic nitrogens is 4. The van der Waals surface area contributed by atoms with E-state index in [9.17, 15) is 13.2 Å². The molecule has 0 aliphatic rings. The number of nitrogens with zero attached hydrogens (tertiary/aromatic N) is 4. The number of halogens is 3. The second-order valence-electron chi connectivity index (χ2n) is 5.40. The fourth-order valence-electron chi connectivity index (χ4n) is 2.26. The van der Waals surface area contributed by atoms with Gasteiger partial charge < -0.3 is 10.1 Å². The van der Waals surface area contributed by atoms with Crippen LogP contribution in [0.25, 0.3) is 11.3 Å². The minimum Gasteiger partial charge on any atom is -0.436 e. The molecule has 2 heterocycles. The first-order valence-electron chi connectivity index (χ1n) is 7.66. The van der Waals surface area contributed by atoms with Crippen molar-refractivity contribution in [3.8, 4) is 11.6 Å². The molecule has 0 radical (unpaired) electrons. The molecule has 4 rings (SSSR count). The lowest BCUT2D eigenvalue weighted by atomic mass is 10.2. The highest BCUT2D eigenvalue weighted by molar-refractivity contribution is 5.71. The minimum atomic E-state index is -4.41. The zero-order valence-corrected chi connectivity index (χ0v) is 13.4. The van der Waals surface area contributed by atoms with Gasteiger partial charge in [-0.25, -0.2) is 4.63 Å². The Morgan fingerprint density at radius 2 is 1.52 bits per heavy atom. The van der Waals surface area contributed by atoms with Gasteiger partial charge in [-0.15, -0.1) is 0 Å². The average Bonchev–Trinajstić information content (AvgIpc) is 3.10. The zero-order valence-electron chi connectivity index (χ0n) is 13.4. The molecule has 2 aromatic carbocycles. The normalized spacial score (nSPS) is 11.5. The quantitative estimate of drug-likeness (QED) is 0.561. The van der Waals surface area contributed by atoms with Crippen molar-refractivity contribution in [2.24, 2.45) is 0 Å². The van der Waals surface area contributed by atoms with Gasteiger partial charge in [0.1, 0.15) is 5.75 Å². The van der Waals surface area contributed by atoms with Gasteiger partial charge in [0.2, 0.25) is 11.3 Å². The van der Waals surface area contributed by atoms with Crippen LogP contribution < -0.4 is 10.1 Å². The van der Waals surface area contributed by atoms with Crippen molar-refractivity contribution in [3.63, 3.8) is 0 Å². The lowest BCUT2D eigenvalue weighted by Gasteiger charge is -2.12. The number of benzene rings is 2. The SMILES string of the molecule is FC(F)(F)c1ccc(Nc2nc3nonc3nc2Oc2ccccc2)cc1. The van der Waals surface area contributed by atoms with Crippen LogP contribution in [0, 0.1) is 0 Å². The van der Waals surface area contributed by atoms with Gasteiger partial charge in [-0.2, -0.15) is 23.1 Å². The molecule has 0 saturated carbocycles. The molecule has 0 unspecified atom stereocenters. The van der Waals surface area contributed by atoms with Crippen molar-refractivity contribution in [3.05, 3.63) is 60.2 Å². The number of rotatable bonds is 4. The number of hydrogen-bond donors (Lipinski definition) is 1. The average molecular weight is 373 g/mol. The van der Waals surface area contributed by atoms with Crippen LogP contribution >= 0.6 is 0 Å². The molecule has 7 nitrogen and oxygen atoms in total. The van der Waals surface area contributed by atoms with Crippen molar-refractivity contribution in [1.82, 2.24) is 20.3 Å². The van der Waals surface area contributed by atoms with Crippen LogP contribution in [-0.4, -0.2) is 20.3 Å². The van der Waals surface area contributed by atoms with E-state index in [1.165, 1.54) is 12.1 Å². The molecule has 27 heavy (non-hydrogen) atoms. The maximum Gasteiger partial charge on any atom is 0.416 e. The third-order valence-electron chi connectivity index (χ3n) is 3.52. The van der Waals surface area contributed by atoms with Crippen LogP contribution in [0.1, 0.15) is 5.56 Å². The zero-order chi connectivity index (χ0) is 18.9. The van der Waals surface area contributed by atoms with Crippen molar-refractivity contribution in [2.45, 2.75) is 6.18 Å². The van der Waals surface area contributed by atoms with Gasteiger partial charge in [0, 0.05) is 5.69 Å². The maximum atomic E-state index is 12.7. The molecule has 0 spiro atoms. The van der Waals surface area contributed by atoms with E-state index in [1.54, 1.807) is 24.3 Å². The minimum absolute atomic E-state index is 0.0734. The Morgan fingerprint density at radius 3 is 2.19 bits per heavy atom. The number of fused-ring (bicyclic) bond motifs is 1. The number of alkyl halides is 3. The van der Waals surface area contributed by atoms with E-state index in [4.69, 9.17) is 4.74 Å². The largest absolute Gasteiger partial charge is 0.436 e. The predicted molar refractivity (Wildman–Crippen MR) is 88.6 cm³/mol. The summed E-state index contributed by atoms with van der Waals surface area (Å²) < 4.78 is 48.4. The summed E-state index contributed by atoms with van der Waals surface area (Å²) in [7, 11) is 0. The van der Waals surface area contributed by atoms with E-state index < -0.39 is 11.7 Å². The van der Waals surface area contributed by atoms with E-state index >= 15 is 0 Å². The van der Waals surface area contributed by atoms with Gasteiger partial charge in [-0.3, -0.25) is 0 Å². The number of para-hydroxylation sites is 1. The fourth-order valence-corrected chi connectivity index (χ4v) is 2.26. The lowest BCUT2D eigenvalue weighted by Crippen LogP contribution is -2.05. The molecule has 0 fully saturated rings. The molecule has 0 bridgehead atoms. The molecule has 0 saturated heterocycles. The smallest absolute Gasteiger partial charge is 0.416 e. The molecular formula is C17H10F3N5O2. The number of nitrogens with one attached hydrogen (secondary N) is 1. The molecule has 0 atom stereocenters. The second kappa shape index (κ2) is 6.56. The van der Waals surface area contributed by atoms with Crippen LogP contribution in [0.4, 0.5) is 24.7 Å². The molecule has 0 amide bonds. The van der Waals surface area contributed by atoms with Gasteiger partial charge in [0.15, 0.2) is 5.82 Å². The number of ether oxygens (including phenoxy) is 1. The Hall–Kier alpha value is -3.69. The van der Waals surface area contributed by atoms with Crippen molar-refractivity contribution >= 4 is 22.8 Å². The van der Waals surface area contributed by atoms with Gasteiger partial charge in [-0.05, 0) is 46.7 Å². The second-order valence-corrected chi connectivity index (χ2v) is 5.40. The first-order valence-corrected chi connectivity index (χ1v) is 7.66. The van der Waals surface area contributed by atoms with Crippen LogP contribution in [0.5, 0.6) is 11.6 Å². The van der Waals surface area contributed by atoms with E-state index in [0.717, 1.165) is 12.1 Å². The van der Waals surface area contributed by atoms with E-state index in [1.807, 2.05) is 6.07 Å². The molecule has 0 aliphatic heterocycles. The Bertz CT molecular complexity index is 1070. The van der Waals surface area contributed by atoms with Crippen molar-refractivity contribution in [2.75, 3.05) is 5.32 Å². The van der Waals surface area contributed by atoms with E-state index in [-0.39, 0.29) is 23.0 Å². The van der Waals surface area contributed by atoms with Crippen LogP contribution in [0.2, 0.25) is 0 Å². The highest BCUT2D eigenvalue weighted by atomic mass is 19.4. The Morgan fingerprint density at radius 1 is 0.852 bits per heavy atom. The van der Waals surface area contributed by atoms with Crippen LogP contribution in [0.3, 0.4) is 0 Å². The third kappa shape index (κ3) is 3.64. The summed E-state index contributed by atoms with van der Waals surface area (Å²) in [5.74, 6) is 0.726. The molecule has 10 heteroatoms. The van der Waals surface area contributed by atoms with Gasteiger partial charge >= 0.3 is 6.18 Å². The molecular weight excluding hydrogens is 363 g/mol. The first kappa shape index (κ1) is 16.8. The molecule has 1 N–H and O–H groups in total. The first-order chi connectivity index (χ1) is 13.0. The molecule has 4 aromatic rings. The summed E-state index contributed by atoms with van der Waals surface area (Å²) in [5.41, 5.74) is -0.120. The highest BCUT2D eigenvalue weighted by Gasteiger charge is 2.30. The fraction of sp³-hybridized carbons (Fsp3) is 0.0588. The topological polar surface area (TPSA) is 86.0 Å². The van der Waals surface area contributed by atoms with Crippen molar-refractivity contribution in [1.29, 1.82) is 0 Å². The Labute approximate surface area is 149 Å². The highest BCUT2D eigenvalue weighted by Crippen LogP contribution is 2.32. The summed E-state index contributed by atoms with van der Waals surface area (Å²) in [6.45, 7) is 0. The molecule has 0 aliphatic carbocycles. The standard InChI is InChI=1S/C17H10F3N5O2/c18-17(19,20)10-6-8-11(9-7-10)21-15-16(26-12-4-2-1-3-5-12)23-14-13(22-15)24-27-25-14/h1-9H,(H,21,22,24). The van der Waals surface area contributed by atoms with Crippen molar-refractivity contribution < 1.29 is 22.5 Å². The Balaban J connectivity index is 1.68.